The highest BCUT2D eigenvalue weighted by Crippen LogP contribution is 2.24. The summed E-state index contributed by atoms with van der Waals surface area (Å²) >= 11 is 3.53. The van der Waals surface area contributed by atoms with Crippen LogP contribution in [0.1, 0.15) is 63.0 Å². The van der Waals surface area contributed by atoms with Crippen molar-refractivity contribution in [2.45, 2.75) is 76.9 Å². The van der Waals surface area contributed by atoms with Gasteiger partial charge in [-0.3, -0.25) is 13.9 Å². The Kier molecular flexibility index (Phi) is 12.9. The molecule has 0 bridgehead atoms. The number of carbonyl (C=O) groups is 2. The number of halogens is 1. The van der Waals surface area contributed by atoms with Crippen molar-refractivity contribution in [2.75, 3.05) is 23.7 Å². The molecule has 1 fully saturated rings. The van der Waals surface area contributed by atoms with Gasteiger partial charge in [-0.05, 0) is 73.7 Å². The van der Waals surface area contributed by atoms with Crippen molar-refractivity contribution >= 4 is 43.5 Å². The second-order valence-corrected chi connectivity index (χ2v) is 14.4. The van der Waals surface area contributed by atoms with E-state index in [2.05, 4.69) is 21.2 Å². The molecule has 45 heavy (non-hydrogen) atoms. The Morgan fingerprint density at radius 3 is 2.29 bits per heavy atom. The lowest BCUT2D eigenvalue weighted by atomic mass is 9.94. The molecule has 1 atom stereocenters. The van der Waals surface area contributed by atoms with E-state index in [4.69, 9.17) is 4.74 Å². The largest absolute Gasteiger partial charge is 0.494 e. The maximum atomic E-state index is 14.1. The standard InChI is InChI=1S/C35H44BrN3O5S/c1-3-44-32-21-19-31(20-22-32)39(45(2,42)43)23-11-18-34(40)38(26-28-14-10-15-29(36)24-28)33(25-27-12-6-4-7-13-27)35(41)37-30-16-8-5-9-17-30/h4,6-7,10,12-15,19-22,24,30,33H,3,5,8-9,11,16-18,23,25-26H2,1-2H3,(H,37,41)/t33-/m0/s1. The summed E-state index contributed by atoms with van der Waals surface area (Å²) in [5.74, 6) is 0.306. The van der Waals surface area contributed by atoms with E-state index in [1.807, 2.05) is 61.5 Å². The van der Waals surface area contributed by atoms with E-state index >= 15 is 0 Å². The fourth-order valence-electron chi connectivity index (χ4n) is 5.81. The molecule has 0 radical (unpaired) electrons. The van der Waals surface area contributed by atoms with Gasteiger partial charge in [0.25, 0.3) is 0 Å². The van der Waals surface area contributed by atoms with Gasteiger partial charge in [-0.25, -0.2) is 8.42 Å². The quantitative estimate of drug-likeness (QED) is 0.196. The van der Waals surface area contributed by atoms with Gasteiger partial charge in [0.2, 0.25) is 21.8 Å². The maximum absolute atomic E-state index is 14.1. The average Bonchev–Trinajstić information content (AvgIpc) is 3.02. The van der Waals surface area contributed by atoms with E-state index in [1.54, 1.807) is 29.2 Å². The molecule has 0 aromatic heterocycles. The number of nitrogens with one attached hydrogen (secondary N) is 1. The van der Waals surface area contributed by atoms with Gasteiger partial charge in [0.05, 0.1) is 18.6 Å². The van der Waals surface area contributed by atoms with E-state index in [1.165, 1.54) is 10.7 Å². The summed E-state index contributed by atoms with van der Waals surface area (Å²) in [7, 11) is -3.60. The summed E-state index contributed by atoms with van der Waals surface area (Å²) in [6.07, 6.45) is 7.13. The van der Waals surface area contributed by atoms with Crippen molar-refractivity contribution in [1.82, 2.24) is 10.2 Å². The van der Waals surface area contributed by atoms with Crippen molar-refractivity contribution in [3.05, 3.63) is 94.5 Å². The Morgan fingerprint density at radius 1 is 0.956 bits per heavy atom. The van der Waals surface area contributed by atoms with Gasteiger partial charge in [0.1, 0.15) is 11.8 Å². The minimum Gasteiger partial charge on any atom is -0.494 e. The first-order chi connectivity index (χ1) is 21.6. The van der Waals surface area contributed by atoms with Crippen LogP contribution in [0.2, 0.25) is 0 Å². The van der Waals surface area contributed by atoms with Crippen LogP contribution >= 0.6 is 15.9 Å². The summed E-state index contributed by atoms with van der Waals surface area (Å²) in [5.41, 5.74) is 2.37. The highest BCUT2D eigenvalue weighted by Gasteiger charge is 2.32. The van der Waals surface area contributed by atoms with Crippen LogP contribution in [-0.4, -0.2) is 56.6 Å². The molecule has 4 rings (SSSR count). The fourth-order valence-corrected chi connectivity index (χ4v) is 7.22. The predicted molar refractivity (Wildman–Crippen MR) is 183 cm³/mol. The van der Waals surface area contributed by atoms with Crippen molar-refractivity contribution in [3.63, 3.8) is 0 Å². The summed E-state index contributed by atoms with van der Waals surface area (Å²) in [5, 5.41) is 3.26. The summed E-state index contributed by atoms with van der Waals surface area (Å²) < 4.78 is 33.2. The first-order valence-electron chi connectivity index (χ1n) is 15.7. The minimum absolute atomic E-state index is 0.0824. The zero-order chi connectivity index (χ0) is 32.2. The third-order valence-electron chi connectivity index (χ3n) is 8.05. The monoisotopic (exact) mass is 697 g/mol. The van der Waals surface area contributed by atoms with Crippen molar-refractivity contribution in [2.24, 2.45) is 0 Å². The van der Waals surface area contributed by atoms with E-state index in [9.17, 15) is 18.0 Å². The van der Waals surface area contributed by atoms with E-state index < -0.39 is 16.1 Å². The zero-order valence-corrected chi connectivity index (χ0v) is 28.6. The van der Waals surface area contributed by atoms with E-state index in [-0.39, 0.29) is 43.8 Å². The lowest BCUT2D eigenvalue weighted by Crippen LogP contribution is -2.52. The molecule has 1 N–H and O–H groups in total. The van der Waals surface area contributed by atoms with E-state index in [0.717, 1.165) is 47.5 Å². The van der Waals surface area contributed by atoms with Gasteiger partial charge in [0, 0.05) is 36.4 Å². The van der Waals surface area contributed by atoms with Gasteiger partial charge in [-0.2, -0.15) is 0 Å². The van der Waals surface area contributed by atoms with Crippen LogP contribution in [0.25, 0.3) is 0 Å². The van der Waals surface area contributed by atoms with Gasteiger partial charge >= 0.3 is 0 Å². The number of amides is 2. The molecule has 0 saturated heterocycles. The molecule has 2 amide bonds. The smallest absolute Gasteiger partial charge is 0.243 e. The molecule has 10 heteroatoms. The molecule has 0 unspecified atom stereocenters. The Balaban J connectivity index is 1.57. The normalized spacial score (nSPS) is 14.4. The summed E-state index contributed by atoms with van der Waals surface area (Å²) in [6, 6.07) is 23.8. The first kappa shape index (κ1) is 34.5. The number of sulfonamides is 1. The van der Waals surface area contributed by atoms with E-state index in [0.29, 0.717) is 24.5 Å². The molecule has 242 valence electrons. The third-order valence-corrected chi connectivity index (χ3v) is 9.74. The van der Waals surface area contributed by atoms with Crippen LogP contribution in [0.15, 0.2) is 83.3 Å². The van der Waals surface area contributed by atoms with Gasteiger partial charge in [-0.1, -0.05) is 77.7 Å². The van der Waals surface area contributed by atoms with Crippen molar-refractivity contribution < 1.29 is 22.7 Å². The molecular formula is C35H44BrN3O5S. The lowest BCUT2D eigenvalue weighted by Gasteiger charge is -2.34. The average molecular weight is 699 g/mol. The molecule has 0 heterocycles. The number of hydrogen-bond donors (Lipinski definition) is 1. The molecular weight excluding hydrogens is 654 g/mol. The minimum atomic E-state index is -3.60. The number of nitrogens with zero attached hydrogens (tertiary/aromatic N) is 2. The molecule has 0 spiro atoms. The van der Waals surface area contributed by atoms with Crippen molar-refractivity contribution in [1.29, 1.82) is 0 Å². The highest BCUT2D eigenvalue weighted by atomic mass is 79.9. The predicted octanol–water partition coefficient (Wildman–Crippen LogP) is 6.48. The van der Waals surface area contributed by atoms with Crippen LogP contribution < -0.4 is 14.4 Å². The van der Waals surface area contributed by atoms with Crippen molar-refractivity contribution in [3.8, 4) is 5.75 Å². The zero-order valence-electron chi connectivity index (χ0n) is 26.2. The lowest BCUT2D eigenvalue weighted by molar-refractivity contribution is -0.141. The van der Waals surface area contributed by atoms with Crippen LogP contribution in [0, 0.1) is 0 Å². The highest BCUT2D eigenvalue weighted by molar-refractivity contribution is 9.10. The van der Waals surface area contributed by atoms with Crippen LogP contribution in [0.3, 0.4) is 0 Å². The number of anilines is 1. The number of hydrogen-bond acceptors (Lipinski definition) is 5. The fraction of sp³-hybridized carbons (Fsp3) is 0.429. The van der Waals surface area contributed by atoms with Crippen LogP contribution in [-0.2, 0) is 32.6 Å². The number of carbonyl (C=O) groups excluding carboxylic acids is 2. The molecule has 1 saturated carbocycles. The van der Waals surface area contributed by atoms with Gasteiger partial charge in [0.15, 0.2) is 0 Å². The molecule has 0 aliphatic heterocycles. The SMILES string of the molecule is CCOc1ccc(N(CCCC(=O)N(Cc2cccc(Br)c2)[C@@H](Cc2ccccc2)C(=O)NC2CCCCC2)S(C)(=O)=O)cc1. The number of ether oxygens (including phenoxy) is 1. The summed E-state index contributed by atoms with van der Waals surface area (Å²) in [4.78, 5) is 29.7. The summed E-state index contributed by atoms with van der Waals surface area (Å²) in [6.45, 7) is 2.78. The Labute approximate surface area is 276 Å². The Morgan fingerprint density at radius 2 is 1.64 bits per heavy atom. The molecule has 1 aliphatic carbocycles. The second kappa shape index (κ2) is 16.8. The van der Waals surface area contributed by atoms with Gasteiger partial charge < -0.3 is 15.0 Å². The maximum Gasteiger partial charge on any atom is 0.243 e. The van der Waals surface area contributed by atoms with Crippen LogP contribution in [0.5, 0.6) is 5.75 Å². The van der Waals surface area contributed by atoms with Gasteiger partial charge in [-0.15, -0.1) is 0 Å². The molecule has 8 nitrogen and oxygen atoms in total. The van der Waals surface area contributed by atoms with Crippen LogP contribution in [0.4, 0.5) is 5.69 Å². The number of rotatable bonds is 15. The topological polar surface area (TPSA) is 96.0 Å². The molecule has 1 aliphatic rings. The molecule has 3 aromatic rings. The first-order valence-corrected chi connectivity index (χ1v) is 18.4. The number of benzene rings is 3. The Bertz CT molecular complexity index is 1500. The third kappa shape index (κ3) is 10.6. The second-order valence-electron chi connectivity index (χ2n) is 11.6. The Hall–Kier alpha value is -3.37. The molecule has 3 aromatic carbocycles.